The molecule has 0 aliphatic carbocycles. The van der Waals surface area contributed by atoms with Gasteiger partial charge >= 0.3 is 5.97 Å². The van der Waals surface area contributed by atoms with E-state index >= 15 is 0 Å². The Balaban J connectivity index is 2.60. The van der Waals surface area contributed by atoms with E-state index in [1.54, 1.807) is 0 Å². The van der Waals surface area contributed by atoms with Crippen molar-refractivity contribution < 1.29 is 19.8 Å². The van der Waals surface area contributed by atoms with Crippen molar-refractivity contribution >= 4 is 23.2 Å². The highest BCUT2D eigenvalue weighted by atomic mass is 32.1. The van der Waals surface area contributed by atoms with Crippen LogP contribution in [0, 0.1) is 0 Å². The van der Waals surface area contributed by atoms with Crippen molar-refractivity contribution in [3.63, 3.8) is 0 Å². The topological polar surface area (TPSA) is 99.5 Å². The number of hydrogen-bond donors (Lipinski definition) is 3. The Kier molecular flexibility index (Phi) is 3.55. The van der Waals surface area contributed by atoms with E-state index in [1.165, 1.54) is 22.2 Å². The van der Waals surface area contributed by atoms with E-state index in [0.29, 0.717) is 0 Å². The number of aromatic nitrogens is 1. The van der Waals surface area contributed by atoms with Gasteiger partial charge in [-0.2, -0.15) is 0 Å². The van der Waals surface area contributed by atoms with Crippen molar-refractivity contribution in [3.8, 4) is 0 Å². The highest BCUT2D eigenvalue weighted by molar-refractivity contribution is 7.07. The van der Waals surface area contributed by atoms with Crippen LogP contribution in [-0.2, 0) is 4.79 Å². The van der Waals surface area contributed by atoms with Crippen molar-refractivity contribution in [2.75, 3.05) is 6.61 Å². The Hall–Kier alpha value is -1.47. The third-order valence-electron chi connectivity index (χ3n) is 1.45. The van der Waals surface area contributed by atoms with Crippen LogP contribution in [-0.4, -0.2) is 39.7 Å². The SMILES string of the molecule is O=C(N[C@H](CO)C(=O)O)c1cscn1. The zero-order chi connectivity index (χ0) is 10.6. The molecule has 6 nitrogen and oxygen atoms in total. The molecule has 7 heteroatoms. The number of carbonyl (C=O) groups excluding carboxylic acids is 1. The molecule has 0 saturated carbocycles. The number of nitrogens with zero attached hydrogens (tertiary/aromatic N) is 1. The van der Waals surface area contributed by atoms with Gasteiger partial charge in [-0.15, -0.1) is 11.3 Å². The maximum atomic E-state index is 11.2. The van der Waals surface area contributed by atoms with Gasteiger partial charge < -0.3 is 15.5 Å². The van der Waals surface area contributed by atoms with E-state index in [1.807, 2.05) is 0 Å². The van der Waals surface area contributed by atoms with Crippen LogP contribution in [0.5, 0.6) is 0 Å². The van der Waals surface area contributed by atoms with Crippen molar-refractivity contribution in [2.24, 2.45) is 0 Å². The van der Waals surface area contributed by atoms with Crippen LogP contribution in [0.1, 0.15) is 10.5 Å². The molecular formula is C7H8N2O4S. The molecule has 0 spiro atoms. The predicted molar refractivity (Wildman–Crippen MR) is 48.1 cm³/mol. The number of aliphatic hydroxyl groups excluding tert-OH is 1. The Morgan fingerprint density at radius 2 is 2.36 bits per heavy atom. The van der Waals surface area contributed by atoms with Gasteiger partial charge in [0.1, 0.15) is 5.69 Å². The maximum Gasteiger partial charge on any atom is 0.328 e. The first-order valence-electron chi connectivity index (χ1n) is 3.68. The van der Waals surface area contributed by atoms with Crippen LogP contribution in [0.4, 0.5) is 0 Å². The minimum atomic E-state index is -1.29. The molecule has 0 radical (unpaired) electrons. The molecule has 1 aromatic heterocycles. The van der Waals surface area contributed by atoms with Crippen molar-refractivity contribution in [2.45, 2.75) is 6.04 Å². The van der Waals surface area contributed by atoms with Gasteiger partial charge in [0.05, 0.1) is 12.1 Å². The van der Waals surface area contributed by atoms with Gasteiger partial charge in [-0.3, -0.25) is 4.79 Å². The number of thiazole rings is 1. The number of carboxylic acids is 1. The van der Waals surface area contributed by atoms with Gasteiger partial charge in [0.2, 0.25) is 0 Å². The summed E-state index contributed by atoms with van der Waals surface area (Å²) in [6.45, 7) is -0.648. The maximum absolute atomic E-state index is 11.2. The number of carboxylic acid groups (broad SMARTS) is 1. The van der Waals surface area contributed by atoms with Gasteiger partial charge in [-0.25, -0.2) is 9.78 Å². The summed E-state index contributed by atoms with van der Waals surface area (Å²) in [5, 5.41) is 20.8. The summed E-state index contributed by atoms with van der Waals surface area (Å²) in [7, 11) is 0. The minimum Gasteiger partial charge on any atom is -0.480 e. The van der Waals surface area contributed by atoms with Crippen LogP contribution in [0.15, 0.2) is 10.9 Å². The smallest absolute Gasteiger partial charge is 0.328 e. The van der Waals surface area contributed by atoms with Crippen LogP contribution in [0.2, 0.25) is 0 Å². The lowest BCUT2D eigenvalue weighted by molar-refractivity contribution is -0.140. The molecule has 1 aromatic rings. The summed E-state index contributed by atoms with van der Waals surface area (Å²) < 4.78 is 0. The minimum absolute atomic E-state index is 0.148. The predicted octanol–water partition coefficient (Wildman–Crippen LogP) is -0.682. The number of aliphatic hydroxyl groups is 1. The Morgan fingerprint density at radius 1 is 1.64 bits per heavy atom. The van der Waals surface area contributed by atoms with Crippen LogP contribution in [0.3, 0.4) is 0 Å². The van der Waals surface area contributed by atoms with Gasteiger partial charge in [-0.05, 0) is 0 Å². The monoisotopic (exact) mass is 216 g/mol. The number of carbonyl (C=O) groups is 2. The van der Waals surface area contributed by atoms with Crippen LogP contribution < -0.4 is 5.32 Å². The Morgan fingerprint density at radius 3 is 2.79 bits per heavy atom. The van der Waals surface area contributed by atoms with Gasteiger partial charge in [0.15, 0.2) is 6.04 Å². The largest absolute Gasteiger partial charge is 0.480 e. The van der Waals surface area contributed by atoms with E-state index < -0.39 is 24.5 Å². The zero-order valence-electron chi connectivity index (χ0n) is 7.01. The standard InChI is InChI=1S/C7H8N2O4S/c10-1-4(7(12)13)9-6(11)5-2-14-3-8-5/h2-4,10H,1H2,(H,9,11)(H,12,13)/t4-/m1/s1. The number of amides is 1. The molecule has 1 amide bonds. The van der Waals surface area contributed by atoms with Gasteiger partial charge in [-0.1, -0.05) is 0 Å². The second-order valence-electron chi connectivity index (χ2n) is 2.42. The molecular weight excluding hydrogens is 208 g/mol. The van der Waals surface area contributed by atoms with Crippen molar-refractivity contribution in [3.05, 3.63) is 16.6 Å². The fourth-order valence-corrected chi connectivity index (χ4v) is 1.27. The molecule has 0 bridgehead atoms. The second kappa shape index (κ2) is 4.68. The van der Waals surface area contributed by atoms with E-state index in [2.05, 4.69) is 10.3 Å². The second-order valence-corrected chi connectivity index (χ2v) is 3.14. The molecule has 0 aliphatic rings. The summed E-state index contributed by atoms with van der Waals surface area (Å²) in [6.07, 6.45) is 0. The lowest BCUT2D eigenvalue weighted by atomic mass is 10.3. The Labute approximate surface area is 83.2 Å². The number of rotatable bonds is 4. The van der Waals surface area contributed by atoms with Crippen LogP contribution >= 0.6 is 11.3 Å². The summed E-state index contributed by atoms with van der Waals surface area (Å²) in [5.74, 6) is -1.89. The van der Waals surface area contributed by atoms with Gasteiger partial charge in [0, 0.05) is 5.38 Å². The van der Waals surface area contributed by atoms with E-state index in [4.69, 9.17) is 10.2 Å². The molecule has 0 unspecified atom stereocenters. The molecule has 14 heavy (non-hydrogen) atoms. The fourth-order valence-electron chi connectivity index (χ4n) is 0.742. The van der Waals surface area contributed by atoms with E-state index in [0.717, 1.165) is 0 Å². The normalized spacial score (nSPS) is 12.1. The average Bonchev–Trinajstić information content (AvgIpc) is 2.65. The molecule has 0 aromatic carbocycles. The summed E-state index contributed by atoms with van der Waals surface area (Å²) in [4.78, 5) is 25.4. The third-order valence-corrected chi connectivity index (χ3v) is 2.04. The highest BCUT2D eigenvalue weighted by Crippen LogP contribution is 2.00. The lowest BCUT2D eigenvalue weighted by Gasteiger charge is -2.09. The zero-order valence-corrected chi connectivity index (χ0v) is 7.82. The molecule has 3 N–H and O–H groups in total. The third kappa shape index (κ3) is 2.51. The lowest BCUT2D eigenvalue weighted by Crippen LogP contribution is -2.43. The molecule has 1 heterocycles. The number of aliphatic carboxylic acids is 1. The van der Waals surface area contributed by atoms with Crippen LogP contribution in [0.25, 0.3) is 0 Å². The van der Waals surface area contributed by atoms with Gasteiger partial charge in [0.25, 0.3) is 5.91 Å². The summed E-state index contributed by atoms with van der Waals surface area (Å²) >= 11 is 1.23. The summed E-state index contributed by atoms with van der Waals surface area (Å²) in [6, 6.07) is -1.29. The van der Waals surface area contributed by atoms with E-state index in [-0.39, 0.29) is 5.69 Å². The first-order chi connectivity index (χ1) is 6.65. The van der Waals surface area contributed by atoms with E-state index in [9.17, 15) is 9.59 Å². The molecule has 1 rings (SSSR count). The van der Waals surface area contributed by atoms with Crippen molar-refractivity contribution in [1.82, 2.24) is 10.3 Å². The molecule has 0 saturated heterocycles. The molecule has 1 atom stereocenters. The van der Waals surface area contributed by atoms with Crippen molar-refractivity contribution in [1.29, 1.82) is 0 Å². The average molecular weight is 216 g/mol. The molecule has 76 valence electrons. The Bertz CT molecular complexity index is 324. The number of hydrogen-bond acceptors (Lipinski definition) is 5. The first-order valence-corrected chi connectivity index (χ1v) is 4.62. The quantitative estimate of drug-likeness (QED) is 0.619. The number of nitrogens with one attached hydrogen (secondary N) is 1. The molecule has 0 aliphatic heterocycles. The summed E-state index contributed by atoms with van der Waals surface area (Å²) in [5.41, 5.74) is 1.61. The molecule has 0 fully saturated rings. The fraction of sp³-hybridized carbons (Fsp3) is 0.286. The first kappa shape index (κ1) is 10.6. The highest BCUT2D eigenvalue weighted by Gasteiger charge is 2.20.